The van der Waals surface area contributed by atoms with Crippen LogP contribution in [0.2, 0.25) is 0 Å². The molecule has 1 atom stereocenters. The van der Waals surface area contributed by atoms with Crippen LogP contribution in [0.5, 0.6) is 0 Å². The maximum atomic E-state index is 13.7. The van der Waals surface area contributed by atoms with E-state index in [-0.39, 0.29) is 49.4 Å². The van der Waals surface area contributed by atoms with Crippen LogP contribution in [-0.2, 0) is 26.2 Å². The van der Waals surface area contributed by atoms with E-state index in [0.29, 0.717) is 6.54 Å². The molecule has 7 nitrogen and oxygen atoms in total. The normalized spacial score (nSPS) is 12.3. The van der Waals surface area contributed by atoms with Gasteiger partial charge in [0.1, 0.15) is 6.04 Å². The second-order valence-corrected chi connectivity index (χ2v) is 10.8. The molecule has 0 bridgehead atoms. The average Bonchev–Trinajstić information content (AvgIpc) is 2.80. The Morgan fingerprint density at radius 2 is 1.66 bits per heavy atom. The number of anilines is 1. The number of amides is 2. The van der Waals surface area contributed by atoms with E-state index < -0.39 is 27.7 Å². The van der Waals surface area contributed by atoms with Crippen LogP contribution in [-0.4, -0.2) is 50.5 Å². The predicted molar refractivity (Wildman–Crippen MR) is 132 cm³/mol. The zero-order valence-corrected chi connectivity index (χ0v) is 21.3. The van der Waals surface area contributed by atoms with Gasteiger partial charge in [-0.25, -0.2) is 17.2 Å². The highest BCUT2D eigenvalue weighted by Crippen LogP contribution is 2.21. The van der Waals surface area contributed by atoms with Gasteiger partial charge in [-0.05, 0) is 37.0 Å². The molecule has 0 spiro atoms. The number of nitrogens with zero attached hydrogens (tertiary/aromatic N) is 2. The molecule has 192 valence electrons. The Hall–Kier alpha value is -3.01. The standard InChI is InChI=1S/C25H33F2N3O4S/c1-18(2)16-28-25(32)19(3)29(17-20-9-6-5-7-10-20)24(31)11-8-14-30(35(4,33)34)21-12-13-22(26)23(27)15-21/h5-7,9-10,12-13,15,18-19H,8,11,14,16-17H2,1-4H3,(H,28,32). The number of rotatable bonds is 12. The molecule has 10 heteroatoms. The lowest BCUT2D eigenvalue weighted by molar-refractivity contribution is -0.140. The minimum Gasteiger partial charge on any atom is -0.354 e. The van der Waals surface area contributed by atoms with Crippen molar-refractivity contribution in [2.24, 2.45) is 5.92 Å². The van der Waals surface area contributed by atoms with Gasteiger partial charge in [-0.1, -0.05) is 44.2 Å². The van der Waals surface area contributed by atoms with Crippen LogP contribution in [0.1, 0.15) is 39.2 Å². The molecule has 2 rings (SSSR count). The third-order valence-electron chi connectivity index (χ3n) is 5.39. The lowest BCUT2D eigenvalue weighted by Gasteiger charge is -2.29. The molecule has 0 aliphatic carbocycles. The zero-order valence-electron chi connectivity index (χ0n) is 20.5. The minimum atomic E-state index is -3.80. The second-order valence-electron chi connectivity index (χ2n) is 8.86. The van der Waals surface area contributed by atoms with Crippen LogP contribution < -0.4 is 9.62 Å². The molecular weight excluding hydrogens is 476 g/mol. The summed E-state index contributed by atoms with van der Waals surface area (Å²) in [5.74, 6) is -2.59. The first-order valence-electron chi connectivity index (χ1n) is 11.4. The fourth-order valence-electron chi connectivity index (χ4n) is 3.46. The molecule has 35 heavy (non-hydrogen) atoms. The summed E-state index contributed by atoms with van der Waals surface area (Å²) in [6, 6.07) is 11.3. The Bertz CT molecular complexity index is 1110. The first kappa shape index (κ1) is 28.2. The number of halogens is 2. The van der Waals surface area contributed by atoms with E-state index in [1.807, 2.05) is 44.2 Å². The van der Waals surface area contributed by atoms with Gasteiger partial charge in [0, 0.05) is 32.1 Å². The predicted octanol–water partition coefficient (Wildman–Crippen LogP) is 3.70. The number of nitrogens with one attached hydrogen (secondary N) is 1. The summed E-state index contributed by atoms with van der Waals surface area (Å²) < 4.78 is 52.4. The molecule has 2 aromatic carbocycles. The average molecular weight is 510 g/mol. The van der Waals surface area contributed by atoms with Gasteiger partial charge < -0.3 is 10.2 Å². The molecule has 0 heterocycles. The van der Waals surface area contributed by atoms with E-state index in [4.69, 9.17) is 0 Å². The third kappa shape index (κ3) is 8.61. The Balaban J connectivity index is 2.14. The highest BCUT2D eigenvalue weighted by Gasteiger charge is 2.27. The molecule has 1 unspecified atom stereocenters. The SMILES string of the molecule is CC(C)CNC(=O)C(C)N(Cc1ccccc1)C(=O)CCCN(c1ccc(F)c(F)c1)S(C)(=O)=O. The van der Waals surface area contributed by atoms with E-state index in [1.54, 1.807) is 6.92 Å². The van der Waals surface area contributed by atoms with Crippen molar-refractivity contribution in [3.63, 3.8) is 0 Å². The molecule has 2 amide bonds. The Morgan fingerprint density at radius 1 is 1.00 bits per heavy atom. The van der Waals surface area contributed by atoms with Crippen molar-refractivity contribution >= 4 is 27.5 Å². The van der Waals surface area contributed by atoms with Gasteiger partial charge in [0.15, 0.2) is 11.6 Å². The fourth-order valence-corrected chi connectivity index (χ4v) is 4.42. The van der Waals surface area contributed by atoms with Gasteiger partial charge in [0.25, 0.3) is 0 Å². The zero-order chi connectivity index (χ0) is 26.2. The van der Waals surface area contributed by atoms with Gasteiger partial charge in [0.2, 0.25) is 21.8 Å². The van der Waals surface area contributed by atoms with Crippen LogP contribution in [0, 0.1) is 17.6 Å². The quantitative estimate of drug-likeness (QED) is 0.473. The molecule has 0 aliphatic heterocycles. The van der Waals surface area contributed by atoms with Crippen molar-refractivity contribution in [3.05, 3.63) is 65.7 Å². The number of carbonyl (C=O) groups excluding carboxylic acids is 2. The first-order chi connectivity index (χ1) is 16.4. The molecular formula is C25H33F2N3O4S. The lowest BCUT2D eigenvalue weighted by atomic mass is 10.1. The Labute approximate surface area is 206 Å². The number of sulfonamides is 1. The lowest BCUT2D eigenvalue weighted by Crippen LogP contribution is -2.48. The highest BCUT2D eigenvalue weighted by molar-refractivity contribution is 7.92. The van der Waals surface area contributed by atoms with Crippen LogP contribution in [0.25, 0.3) is 0 Å². The summed E-state index contributed by atoms with van der Waals surface area (Å²) in [4.78, 5) is 27.3. The molecule has 0 radical (unpaired) electrons. The summed E-state index contributed by atoms with van der Waals surface area (Å²) >= 11 is 0. The van der Waals surface area contributed by atoms with Crippen LogP contribution in [0.4, 0.5) is 14.5 Å². The number of hydrogen-bond acceptors (Lipinski definition) is 4. The van der Waals surface area contributed by atoms with Crippen LogP contribution >= 0.6 is 0 Å². The second kappa shape index (κ2) is 12.6. The van der Waals surface area contributed by atoms with Crippen molar-refractivity contribution < 1.29 is 26.8 Å². The summed E-state index contributed by atoms with van der Waals surface area (Å²) in [6.45, 7) is 6.18. The first-order valence-corrected chi connectivity index (χ1v) is 13.3. The van der Waals surface area contributed by atoms with E-state index in [2.05, 4.69) is 5.32 Å². The molecule has 1 N–H and O–H groups in total. The van der Waals surface area contributed by atoms with Gasteiger partial charge in [-0.15, -0.1) is 0 Å². The van der Waals surface area contributed by atoms with Crippen molar-refractivity contribution in [1.29, 1.82) is 0 Å². The van der Waals surface area contributed by atoms with Crippen molar-refractivity contribution in [1.82, 2.24) is 10.2 Å². The van der Waals surface area contributed by atoms with Crippen LogP contribution in [0.3, 0.4) is 0 Å². The van der Waals surface area contributed by atoms with Crippen LogP contribution in [0.15, 0.2) is 48.5 Å². The summed E-state index contributed by atoms with van der Waals surface area (Å²) in [5.41, 5.74) is 0.824. The fraction of sp³-hybridized carbons (Fsp3) is 0.440. The topological polar surface area (TPSA) is 86.8 Å². The molecule has 0 saturated heterocycles. The highest BCUT2D eigenvalue weighted by atomic mass is 32.2. The Kier molecular flexibility index (Phi) is 10.2. The molecule has 2 aromatic rings. The van der Waals surface area contributed by atoms with E-state index in [9.17, 15) is 26.8 Å². The summed E-state index contributed by atoms with van der Waals surface area (Å²) in [7, 11) is -3.80. The van der Waals surface area contributed by atoms with Gasteiger partial charge >= 0.3 is 0 Å². The summed E-state index contributed by atoms with van der Waals surface area (Å²) in [5, 5.41) is 2.84. The van der Waals surface area contributed by atoms with Crippen molar-refractivity contribution in [2.75, 3.05) is 23.7 Å². The molecule has 0 fully saturated rings. The van der Waals surface area contributed by atoms with E-state index in [1.165, 1.54) is 11.0 Å². The number of carbonyl (C=O) groups is 2. The Morgan fingerprint density at radius 3 is 2.23 bits per heavy atom. The van der Waals surface area contributed by atoms with Gasteiger partial charge in [-0.2, -0.15) is 0 Å². The van der Waals surface area contributed by atoms with Gasteiger partial charge in [-0.3, -0.25) is 13.9 Å². The maximum Gasteiger partial charge on any atom is 0.242 e. The monoisotopic (exact) mass is 509 g/mol. The summed E-state index contributed by atoms with van der Waals surface area (Å²) in [6.07, 6.45) is 1.04. The van der Waals surface area contributed by atoms with Gasteiger partial charge in [0.05, 0.1) is 11.9 Å². The minimum absolute atomic E-state index is 0.0265. The number of hydrogen-bond donors (Lipinski definition) is 1. The molecule has 0 saturated carbocycles. The largest absolute Gasteiger partial charge is 0.354 e. The van der Waals surface area contributed by atoms with E-state index in [0.717, 1.165) is 28.3 Å². The van der Waals surface area contributed by atoms with E-state index >= 15 is 0 Å². The van der Waals surface area contributed by atoms with Crippen molar-refractivity contribution in [3.8, 4) is 0 Å². The molecule has 0 aromatic heterocycles. The maximum absolute atomic E-state index is 13.7. The third-order valence-corrected chi connectivity index (χ3v) is 6.58. The smallest absolute Gasteiger partial charge is 0.242 e. The number of benzene rings is 2. The molecule has 0 aliphatic rings. The van der Waals surface area contributed by atoms with Crippen molar-refractivity contribution in [2.45, 2.75) is 46.2 Å².